The summed E-state index contributed by atoms with van der Waals surface area (Å²) in [5.74, 6) is 5.70. The Kier molecular flexibility index (Phi) is 4.21. The highest BCUT2D eigenvalue weighted by Crippen LogP contribution is 2.29. The molecule has 1 heterocycles. The molecular weight excluding hydrogens is 360 g/mol. The number of halogens is 2. The number of hydrogen-bond acceptors (Lipinski definition) is 3. The summed E-state index contributed by atoms with van der Waals surface area (Å²) in [4.78, 5) is 0. The summed E-state index contributed by atoms with van der Waals surface area (Å²) in [5, 5.41) is 4.22. The molecule has 0 saturated carbocycles. The summed E-state index contributed by atoms with van der Waals surface area (Å²) in [6.07, 6.45) is 1.77. The first-order chi connectivity index (χ1) is 8.54. The minimum Gasteiger partial charge on any atom is -0.271 e. The largest absolute Gasteiger partial charge is 0.271 e. The number of benzene rings is 1. The number of aryl methyl sites for hydroxylation is 2. The van der Waals surface area contributed by atoms with Gasteiger partial charge in [0.25, 0.3) is 0 Å². The molecular formula is C12H14Br2N4. The van der Waals surface area contributed by atoms with Crippen LogP contribution in [0.25, 0.3) is 0 Å². The third kappa shape index (κ3) is 2.51. The van der Waals surface area contributed by atoms with E-state index < -0.39 is 0 Å². The van der Waals surface area contributed by atoms with Crippen LogP contribution in [0.4, 0.5) is 0 Å². The van der Waals surface area contributed by atoms with Crippen LogP contribution in [-0.2, 0) is 7.05 Å². The van der Waals surface area contributed by atoms with E-state index in [0.717, 1.165) is 20.2 Å². The van der Waals surface area contributed by atoms with Crippen LogP contribution < -0.4 is 11.3 Å². The van der Waals surface area contributed by atoms with E-state index >= 15 is 0 Å². The van der Waals surface area contributed by atoms with Crippen LogP contribution in [0, 0.1) is 6.92 Å². The fourth-order valence-electron chi connectivity index (χ4n) is 1.93. The van der Waals surface area contributed by atoms with E-state index in [0.29, 0.717) is 0 Å². The zero-order valence-electron chi connectivity index (χ0n) is 10.1. The molecule has 18 heavy (non-hydrogen) atoms. The highest BCUT2D eigenvalue weighted by molar-refractivity contribution is 9.10. The van der Waals surface area contributed by atoms with Gasteiger partial charge in [-0.3, -0.25) is 10.5 Å². The van der Waals surface area contributed by atoms with Gasteiger partial charge in [-0.05, 0) is 40.0 Å². The lowest BCUT2D eigenvalue weighted by atomic mass is 10.0. The van der Waals surface area contributed by atoms with Crippen LogP contribution in [0.3, 0.4) is 0 Å². The fourth-order valence-corrected chi connectivity index (χ4v) is 2.75. The molecule has 1 atom stereocenters. The number of nitrogens with two attached hydrogens (primary N) is 1. The van der Waals surface area contributed by atoms with Crippen LogP contribution in [0.2, 0.25) is 0 Å². The quantitative estimate of drug-likeness (QED) is 0.642. The van der Waals surface area contributed by atoms with Crippen molar-refractivity contribution in [3.05, 3.63) is 50.2 Å². The second-order valence-electron chi connectivity index (χ2n) is 4.11. The highest BCUT2D eigenvalue weighted by Gasteiger charge is 2.19. The van der Waals surface area contributed by atoms with Gasteiger partial charge >= 0.3 is 0 Å². The lowest BCUT2D eigenvalue weighted by Gasteiger charge is -2.18. The molecule has 4 nitrogen and oxygen atoms in total. The predicted octanol–water partition coefficient (Wildman–Crippen LogP) is 2.81. The SMILES string of the molecule is Cc1cc(C(NN)c2c(Br)cnn2C)ccc1Br. The highest BCUT2D eigenvalue weighted by atomic mass is 79.9. The van der Waals surface area contributed by atoms with Gasteiger partial charge in [-0.2, -0.15) is 5.10 Å². The lowest BCUT2D eigenvalue weighted by Crippen LogP contribution is -2.30. The van der Waals surface area contributed by atoms with Crippen molar-refractivity contribution in [1.29, 1.82) is 0 Å². The fraction of sp³-hybridized carbons (Fsp3) is 0.250. The average Bonchev–Trinajstić information content (AvgIpc) is 2.66. The maximum atomic E-state index is 5.70. The number of rotatable bonds is 3. The van der Waals surface area contributed by atoms with Crippen LogP contribution in [0.1, 0.15) is 22.9 Å². The molecule has 0 radical (unpaired) electrons. The van der Waals surface area contributed by atoms with E-state index in [1.807, 2.05) is 23.9 Å². The predicted molar refractivity (Wildman–Crippen MR) is 79.0 cm³/mol. The minimum atomic E-state index is -0.0984. The Bertz CT molecular complexity index is 546. The Morgan fingerprint density at radius 3 is 2.56 bits per heavy atom. The molecule has 0 spiro atoms. The Hall–Kier alpha value is -0.690. The van der Waals surface area contributed by atoms with Crippen molar-refractivity contribution < 1.29 is 0 Å². The molecule has 0 amide bonds. The first kappa shape index (κ1) is 13.7. The van der Waals surface area contributed by atoms with Gasteiger partial charge in [0.05, 0.1) is 22.4 Å². The third-order valence-corrected chi connectivity index (χ3v) is 4.39. The Morgan fingerprint density at radius 1 is 1.33 bits per heavy atom. The van der Waals surface area contributed by atoms with Crippen molar-refractivity contribution in [3.8, 4) is 0 Å². The molecule has 6 heteroatoms. The van der Waals surface area contributed by atoms with Gasteiger partial charge in [-0.25, -0.2) is 5.43 Å². The summed E-state index contributed by atoms with van der Waals surface area (Å²) >= 11 is 7.00. The maximum absolute atomic E-state index is 5.70. The molecule has 0 aliphatic carbocycles. The standard InChI is InChI=1S/C12H14Br2N4/c1-7-5-8(3-4-9(7)13)11(17-15)12-10(14)6-16-18(12)2/h3-6,11,17H,15H2,1-2H3. The van der Waals surface area contributed by atoms with Crippen molar-refractivity contribution in [3.63, 3.8) is 0 Å². The van der Waals surface area contributed by atoms with Gasteiger partial charge in [0.1, 0.15) is 0 Å². The van der Waals surface area contributed by atoms with E-state index in [-0.39, 0.29) is 6.04 Å². The molecule has 0 aliphatic heterocycles. The Balaban J connectivity index is 2.48. The molecule has 0 saturated heterocycles. The molecule has 1 aromatic heterocycles. The summed E-state index contributed by atoms with van der Waals surface area (Å²) in [6, 6.07) is 6.08. The zero-order chi connectivity index (χ0) is 13.3. The van der Waals surface area contributed by atoms with E-state index in [1.165, 1.54) is 5.56 Å². The first-order valence-electron chi connectivity index (χ1n) is 5.44. The molecule has 3 N–H and O–H groups in total. The van der Waals surface area contributed by atoms with Crippen molar-refractivity contribution in [2.75, 3.05) is 0 Å². The van der Waals surface area contributed by atoms with Gasteiger partial charge in [-0.1, -0.05) is 28.1 Å². The lowest BCUT2D eigenvalue weighted by molar-refractivity contribution is 0.573. The topological polar surface area (TPSA) is 55.9 Å². The molecule has 1 unspecified atom stereocenters. The number of hydrogen-bond donors (Lipinski definition) is 2. The summed E-state index contributed by atoms with van der Waals surface area (Å²) in [6.45, 7) is 2.06. The molecule has 0 fully saturated rings. The summed E-state index contributed by atoms with van der Waals surface area (Å²) < 4.78 is 3.84. The smallest absolute Gasteiger partial charge is 0.0889 e. The van der Waals surface area contributed by atoms with E-state index in [1.54, 1.807) is 6.20 Å². The van der Waals surface area contributed by atoms with Gasteiger partial charge in [0, 0.05) is 11.5 Å². The molecule has 1 aromatic carbocycles. The molecule has 0 aliphatic rings. The van der Waals surface area contributed by atoms with E-state index in [9.17, 15) is 0 Å². The van der Waals surface area contributed by atoms with Crippen LogP contribution in [0.5, 0.6) is 0 Å². The zero-order valence-corrected chi connectivity index (χ0v) is 13.3. The number of nitrogens with one attached hydrogen (secondary N) is 1. The van der Waals surface area contributed by atoms with Crippen molar-refractivity contribution in [1.82, 2.24) is 15.2 Å². The first-order valence-corrected chi connectivity index (χ1v) is 7.02. The number of hydrazine groups is 1. The molecule has 96 valence electrons. The van der Waals surface area contributed by atoms with Crippen molar-refractivity contribution >= 4 is 31.9 Å². The number of nitrogens with zero attached hydrogens (tertiary/aromatic N) is 2. The van der Waals surface area contributed by atoms with E-state index in [4.69, 9.17) is 5.84 Å². The van der Waals surface area contributed by atoms with Crippen molar-refractivity contribution in [2.24, 2.45) is 12.9 Å². The Labute approximate surface area is 123 Å². The third-order valence-electron chi connectivity index (χ3n) is 2.89. The van der Waals surface area contributed by atoms with Crippen LogP contribution in [-0.4, -0.2) is 9.78 Å². The van der Waals surface area contributed by atoms with Gasteiger partial charge in [-0.15, -0.1) is 0 Å². The van der Waals surface area contributed by atoms with Crippen molar-refractivity contribution in [2.45, 2.75) is 13.0 Å². The average molecular weight is 374 g/mol. The molecule has 2 rings (SSSR count). The Morgan fingerprint density at radius 2 is 2.06 bits per heavy atom. The second-order valence-corrected chi connectivity index (χ2v) is 5.82. The summed E-state index contributed by atoms with van der Waals surface area (Å²) in [7, 11) is 1.90. The molecule has 0 bridgehead atoms. The normalized spacial score (nSPS) is 12.7. The monoisotopic (exact) mass is 372 g/mol. The van der Waals surface area contributed by atoms with Gasteiger partial charge in [0.2, 0.25) is 0 Å². The maximum Gasteiger partial charge on any atom is 0.0889 e. The minimum absolute atomic E-state index is 0.0984. The second kappa shape index (κ2) is 5.52. The van der Waals surface area contributed by atoms with E-state index in [2.05, 4.69) is 55.4 Å². The molecule has 2 aromatic rings. The van der Waals surface area contributed by atoms with Crippen LogP contribution >= 0.6 is 31.9 Å². The van der Waals surface area contributed by atoms with Gasteiger partial charge < -0.3 is 0 Å². The summed E-state index contributed by atoms with van der Waals surface area (Å²) in [5.41, 5.74) is 6.11. The van der Waals surface area contributed by atoms with Crippen LogP contribution in [0.15, 0.2) is 33.3 Å². The number of aromatic nitrogens is 2. The van der Waals surface area contributed by atoms with Gasteiger partial charge in [0.15, 0.2) is 0 Å².